The molecule has 1 aromatic rings. The Bertz CT molecular complexity index is 832. The van der Waals surface area contributed by atoms with Crippen LogP contribution in [0.2, 0.25) is 5.02 Å². The Hall–Kier alpha value is -1.60. The predicted octanol–water partition coefficient (Wildman–Crippen LogP) is 5.17. The summed E-state index contributed by atoms with van der Waals surface area (Å²) in [4.78, 5) is 12.9. The summed E-state index contributed by atoms with van der Waals surface area (Å²) >= 11 is 5.95. The van der Waals surface area contributed by atoms with Crippen LogP contribution < -0.4 is 0 Å². The summed E-state index contributed by atoms with van der Waals surface area (Å²) in [5, 5.41) is 15.5. The van der Waals surface area contributed by atoms with Gasteiger partial charge in [0.05, 0.1) is 5.92 Å². The molecule has 1 aliphatic heterocycles. The number of aliphatic hydroxyl groups is 1. The van der Waals surface area contributed by atoms with Gasteiger partial charge in [-0.3, -0.25) is 4.79 Å². The topological polar surface area (TPSA) is 52.9 Å². The smallest absolute Gasteiger partial charge is 0.362 e. The molecule has 2 aliphatic rings. The van der Waals surface area contributed by atoms with Crippen molar-refractivity contribution in [2.45, 2.75) is 58.9 Å². The first-order chi connectivity index (χ1) is 12.8. The molecule has 1 amide bonds. The monoisotopic (exact) mass is 416 g/mol. The van der Waals surface area contributed by atoms with E-state index in [0.29, 0.717) is 23.4 Å². The van der Waals surface area contributed by atoms with Gasteiger partial charge in [0.15, 0.2) is 0 Å². The standard InChI is InChI=1S/C20H24ClF3N2O2/c1-11-9-12(5-7-15(11)21)17(27)26-19(28,20(22,23)24)14-10-13(18(2,3)4)6-8-16(14)25-26/h5,7,9,13-14,28H,6,8,10H2,1-4H3/t13-,14-,19+/m0/s1. The number of hydrazone groups is 1. The second-order valence-electron chi connectivity index (χ2n) is 8.79. The van der Waals surface area contributed by atoms with Gasteiger partial charge >= 0.3 is 6.18 Å². The molecule has 0 unspecified atom stereocenters. The fourth-order valence-corrected chi connectivity index (χ4v) is 4.23. The Morgan fingerprint density at radius 2 is 1.96 bits per heavy atom. The lowest BCUT2D eigenvalue weighted by molar-refractivity contribution is -0.314. The molecule has 4 nitrogen and oxygen atoms in total. The zero-order chi connectivity index (χ0) is 21.1. The van der Waals surface area contributed by atoms with Gasteiger partial charge in [-0.25, -0.2) is 0 Å². The molecule has 0 bridgehead atoms. The van der Waals surface area contributed by atoms with Crippen LogP contribution >= 0.6 is 11.6 Å². The van der Waals surface area contributed by atoms with Crippen molar-refractivity contribution in [3.63, 3.8) is 0 Å². The van der Waals surface area contributed by atoms with Gasteiger partial charge in [0.2, 0.25) is 0 Å². The summed E-state index contributed by atoms with van der Waals surface area (Å²) in [5.74, 6) is -2.27. The number of hydrogen-bond acceptors (Lipinski definition) is 3. The molecule has 1 fully saturated rings. The maximum atomic E-state index is 14.1. The van der Waals surface area contributed by atoms with E-state index in [1.807, 2.05) is 20.8 Å². The van der Waals surface area contributed by atoms with Crippen molar-refractivity contribution in [1.29, 1.82) is 0 Å². The van der Waals surface area contributed by atoms with Crippen molar-refractivity contribution >= 4 is 23.2 Å². The highest BCUT2D eigenvalue weighted by Crippen LogP contribution is 2.52. The molecular formula is C20H24ClF3N2O2. The molecule has 1 saturated carbocycles. The Balaban J connectivity index is 2.03. The Morgan fingerprint density at radius 1 is 1.32 bits per heavy atom. The van der Waals surface area contributed by atoms with Gasteiger partial charge in [0, 0.05) is 16.3 Å². The van der Waals surface area contributed by atoms with Gasteiger partial charge < -0.3 is 5.11 Å². The van der Waals surface area contributed by atoms with E-state index in [9.17, 15) is 23.1 Å². The number of fused-ring (bicyclic) bond motifs is 1. The third-order valence-corrected chi connectivity index (χ3v) is 6.37. The zero-order valence-corrected chi connectivity index (χ0v) is 17.0. The molecule has 8 heteroatoms. The minimum Gasteiger partial charge on any atom is -0.362 e. The molecule has 0 aromatic heterocycles. The normalized spacial score (nSPS) is 28.2. The fourth-order valence-electron chi connectivity index (χ4n) is 4.11. The number of amides is 1. The van der Waals surface area contributed by atoms with E-state index in [1.165, 1.54) is 18.2 Å². The summed E-state index contributed by atoms with van der Waals surface area (Å²) in [7, 11) is 0. The molecule has 1 aliphatic carbocycles. The van der Waals surface area contributed by atoms with Crippen molar-refractivity contribution in [3.05, 3.63) is 34.3 Å². The second kappa shape index (κ2) is 6.73. The molecule has 28 heavy (non-hydrogen) atoms. The Labute approximate surface area is 167 Å². The predicted molar refractivity (Wildman–Crippen MR) is 101 cm³/mol. The van der Waals surface area contributed by atoms with Crippen molar-refractivity contribution in [2.24, 2.45) is 22.4 Å². The van der Waals surface area contributed by atoms with Crippen LogP contribution in [0.4, 0.5) is 13.2 Å². The fraction of sp³-hybridized carbons (Fsp3) is 0.600. The van der Waals surface area contributed by atoms with Crippen LogP contribution in [0.3, 0.4) is 0 Å². The lowest BCUT2D eigenvalue weighted by Gasteiger charge is -2.42. The van der Waals surface area contributed by atoms with Crippen molar-refractivity contribution < 1.29 is 23.1 Å². The van der Waals surface area contributed by atoms with Gasteiger partial charge in [-0.1, -0.05) is 32.4 Å². The summed E-state index contributed by atoms with van der Waals surface area (Å²) in [6, 6.07) is 4.19. The second-order valence-corrected chi connectivity index (χ2v) is 9.19. The van der Waals surface area contributed by atoms with E-state index in [2.05, 4.69) is 5.10 Å². The number of carbonyl (C=O) groups is 1. The van der Waals surface area contributed by atoms with Crippen LogP contribution in [-0.4, -0.2) is 33.6 Å². The van der Waals surface area contributed by atoms with Gasteiger partial charge in [0.1, 0.15) is 0 Å². The lowest BCUT2D eigenvalue weighted by Crippen LogP contribution is -2.62. The number of benzene rings is 1. The van der Waals surface area contributed by atoms with Gasteiger partial charge in [-0.15, -0.1) is 0 Å². The van der Waals surface area contributed by atoms with Crippen molar-refractivity contribution in [3.8, 4) is 0 Å². The highest BCUT2D eigenvalue weighted by atomic mass is 35.5. The average Bonchev–Trinajstić information content (AvgIpc) is 2.89. The van der Waals surface area contributed by atoms with Crippen LogP contribution in [-0.2, 0) is 0 Å². The van der Waals surface area contributed by atoms with Crippen LogP contribution in [0, 0.1) is 24.2 Å². The first-order valence-corrected chi connectivity index (χ1v) is 9.61. The molecule has 1 N–H and O–H groups in total. The molecule has 0 radical (unpaired) electrons. The summed E-state index contributed by atoms with van der Waals surface area (Å²) in [6.07, 6.45) is -3.91. The molecular weight excluding hydrogens is 393 g/mol. The number of nitrogens with zero attached hydrogens (tertiary/aromatic N) is 2. The van der Waals surface area contributed by atoms with Crippen LogP contribution in [0.5, 0.6) is 0 Å². The number of rotatable bonds is 1. The summed E-state index contributed by atoms with van der Waals surface area (Å²) < 4.78 is 42.2. The molecule has 154 valence electrons. The van der Waals surface area contributed by atoms with Gasteiger partial charge in [0.25, 0.3) is 11.6 Å². The lowest BCUT2D eigenvalue weighted by atomic mass is 9.66. The SMILES string of the molecule is Cc1cc(C(=O)N2N=C3CC[C@H](C(C)(C)C)C[C@@H]3[C@@]2(O)C(F)(F)F)ccc1Cl. The number of aryl methyl sites for hydroxylation is 1. The number of halogens is 4. The molecule has 1 heterocycles. The van der Waals surface area contributed by atoms with Crippen LogP contribution in [0.1, 0.15) is 56.0 Å². The first kappa shape index (κ1) is 21.1. The minimum atomic E-state index is -5.04. The first-order valence-electron chi connectivity index (χ1n) is 9.24. The Kier molecular flexibility index (Phi) is 5.08. The third kappa shape index (κ3) is 3.32. The van der Waals surface area contributed by atoms with E-state index < -0.39 is 23.7 Å². The maximum absolute atomic E-state index is 14.1. The number of alkyl halides is 3. The highest BCUT2D eigenvalue weighted by molar-refractivity contribution is 6.31. The summed E-state index contributed by atoms with van der Waals surface area (Å²) in [5.41, 5.74) is -2.76. The van der Waals surface area contributed by atoms with E-state index in [1.54, 1.807) is 6.92 Å². The quantitative estimate of drug-likeness (QED) is 0.686. The number of hydrogen-bond donors (Lipinski definition) is 1. The van der Waals surface area contributed by atoms with E-state index in [0.717, 1.165) is 0 Å². The van der Waals surface area contributed by atoms with E-state index in [-0.39, 0.29) is 34.0 Å². The number of carbonyl (C=O) groups excluding carboxylic acids is 1. The van der Waals surface area contributed by atoms with Gasteiger partial charge in [-0.05, 0) is 61.3 Å². The van der Waals surface area contributed by atoms with E-state index in [4.69, 9.17) is 11.6 Å². The molecule has 1 aromatic carbocycles. The Morgan fingerprint density at radius 3 is 2.50 bits per heavy atom. The zero-order valence-electron chi connectivity index (χ0n) is 16.3. The summed E-state index contributed by atoms with van der Waals surface area (Å²) in [6.45, 7) is 7.57. The van der Waals surface area contributed by atoms with E-state index >= 15 is 0 Å². The van der Waals surface area contributed by atoms with Crippen LogP contribution in [0.15, 0.2) is 23.3 Å². The molecule has 0 saturated heterocycles. The van der Waals surface area contributed by atoms with Gasteiger partial charge in [-0.2, -0.15) is 23.3 Å². The maximum Gasteiger partial charge on any atom is 0.439 e. The molecule has 3 atom stereocenters. The van der Waals surface area contributed by atoms with Crippen molar-refractivity contribution in [1.82, 2.24) is 5.01 Å². The van der Waals surface area contributed by atoms with Crippen LogP contribution in [0.25, 0.3) is 0 Å². The third-order valence-electron chi connectivity index (χ3n) is 5.95. The molecule has 3 rings (SSSR count). The minimum absolute atomic E-state index is 0.0000525. The highest BCUT2D eigenvalue weighted by Gasteiger charge is 2.69. The molecule has 0 spiro atoms. The average molecular weight is 417 g/mol. The van der Waals surface area contributed by atoms with Crippen molar-refractivity contribution in [2.75, 3.05) is 0 Å². The largest absolute Gasteiger partial charge is 0.439 e.